The number of fused-ring (bicyclic) bond motifs is 1. The van der Waals surface area contributed by atoms with Gasteiger partial charge in [-0.3, -0.25) is 4.79 Å². The summed E-state index contributed by atoms with van der Waals surface area (Å²) in [4.78, 5) is 20.7. The average Bonchev–Trinajstić information content (AvgIpc) is 3.24. The van der Waals surface area contributed by atoms with Crippen LogP contribution in [-0.4, -0.2) is 20.4 Å². The Balaban J connectivity index is 1.66. The van der Waals surface area contributed by atoms with Gasteiger partial charge in [0.25, 0.3) is 0 Å². The highest BCUT2D eigenvalue weighted by molar-refractivity contribution is 5.90. The first-order valence-corrected chi connectivity index (χ1v) is 9.53. The van der Waals surface area contributed by atoms with Gasteiger partial charge in [-0.05, 0) is 37.6 Å². The van der Waals surface area contributed by atoms with E-state index in [1.54, 1.807) is 35.2 Å². The molecule has 4 rings (SSSR count). The highest BCUT2D eigenvalue weighted by Crippen LogP contribution is 2.26. The molecule has 29 heavy (non-hydrogen) atoms. The van der Waals surface area contributed by atoms with Gasteiger partial charge >= 0.3 is 0 Å². The number of carbonyl (C=O) groups excluding carboxylic acids is 1. The molecule has 1 atom stereocenters. The first kappa shape index (κ1) is 18.9. The van der Waals surface area contributed by atoms with Crippen LogP contribution >= 0.6 is 0 Å². The number of aromatic nitrogens is 3. The van der Waals surface area contributed by atoms with Crippen LogP contribution in [-0.2, 0) is 18.3 Å². The molecule has 0 radical (unpaired) electrons. The zero-order valence-corrected chi connectivity index (χ0v) is 16.7. The lowest BCUT2D eigenvalue weighted by Crippen LogP contribution is -2.32. The van der Waals surface area contributed by atoms with Gasteiger partial charge in [0.05, 0.1) is 6.42 Å². The molecule has 0 aliphatic rings. The lowest BCUT2D eigenvalue weighted by atomic mass is 10.0. The minimum absolute atomic E-state index is 0.188. The Morgan fingerprint density at radius 1 is 1.24 bits per heavy atom. The van der Waals surface area contributed by atoms with E-state index in [1.165, 1.54) is 6.07 Å². The summed E-state index contributed by atoms with van der Waals surface area (Å²) in [5.74, 6) is 0.0152. The number of carbonyl (C=O) groups is 1. The Bertz CT molecular complexity index is 1190. The Morgan fingerprint density at radius 2 is 2.03 bits per heavy atom. The molecule has 0 aliphatic carbocycles. The Labute approximate surface area is 168 Å². The van der Waals surface area contributed by atoms with Crippen molar-refractivity contribution in [3.05, 3.63) is 88.9 Å². The van der Waals surface area contributed by atoms with Crippen molar-refractivity contribution in [3.63, 3.8) is 0 Å². The third-order valence-corrected chi connectivity index (χ3v) is 5.25. The maximum absolute atomic E-state index is 14.5. The predicted molar refractivity (Wildman–Crippen MR) is 111 cm³/mol. The fraction of sp³-hybridized carbons (Fsp3) is 0.217. The van der Waals surface area contributed by atoms with Crippen LogP contribution in [0.2, 0.25) is 0 Å². The van der Waals surface area contributed by atoms with Gasteiger partial charge in [-0.2, -0.15) is 0 Å². The van der Waals surface area contributed by atoms with Crippen LogP contribution in [0.5, 0.6) is 0 Å². The van der Waals surface area contributed by atoms with Crippen LogP contribution in [0.3, 0.4) is 0 Å². The van der Waals surface area contributed by atoms with Gasteiger partial charge in [-0.25, -0.2) is 9.37 Å². The topological polar surface area (TPSA) is 62.7 Å². The van der Waals surface area contributed by atoms with E-state index >= 15 is 0 Å². The van der Waals surface area contributed by atoms with Crippen molar-refractivity contribution in [2.45, 2.75) is 26.3 Å². The summed E-state index contributed by atoms with van der Waals surface area (Å²) >= 11 is 0. The zero-order valence-electron chi connectivity index (χ0n) is 16.7. The van der Waals surface area contributed by atoms with Gasteiger partial charge in [0.1, 0.15) is 17.7 Å². The molecule has 1 amide bonds. The summed E-state index contributed by atoms with van der Waals surface area (Å²) in [7, 11) is 1.83. The molecule has 5 nitrogen and oxygen atoms in total. The SMILES string of the molecule is Cc1ccc2[nH]c(C)c(CC(=O)NC(c3ccccc3F)c3nccn3C)c2c1. The monoisotopic (exact) mass is 390 g/mol. The van der Waals surface area contributed by atoms with E-state index in [0.717, 1.165) is 27.7 Å². The van der Waals surface area contributed by atoms with Crippen LogP contribution in [0.25, 0.3) is 10.9 Å². The van der Waals surface area contributed by atoms with Gasteiger partial charge in [-0.15, -0.1) is 0 Å². The number of nitrogens with one attached hydrogen (secondary N) is 2. The summed E-state index contributed by atoms with van der Waals surface area (Å²) in [6, 6.07) is 11.9. The summed E-state index contributed by atoms with van der Waals surface area (Å²) in [6.07, 6.45) is 3.62. The van der Waals surface area contributed by atoms with Crippen LogP contribution in [0.15, 0.2) is 54.9 Å². The van der Waals surface area contributed by atoms with Crippen LogP contribution < -0.4 is 5.32 Å². The Morgan fingerprint density at radius 3 is 2.76 bits per heavy atom. The smallest absolute Gasteiger partial charge is 0.225 e. The largest absolute Gasteiger partial charge is 0.358 e. The number of aromatic amines is 1. The normalized spacial score (nSPS) is 12.3. The molecular formula is C23H23FN4O. The Hall–Kier alpha value is -3.41. The molecule has 1 unspecified atom stereocenters. The van der Waals surface area contributed by atoms with E-state index in [9.17, 15) is 9.18 Å². The molecule has 4 aromatic rings. The Kier molecular flexibility index (Phi) is 4.92. The number of halogens is 1. The number of rotatable bonds is 5. The van der Waals surface area contributed by atoms with Gasteiger partial charge in [0.15, 0.2) is 0 Å². The third kappa shape index (κ3) is 3.66. The van der Waals surface area contributed by atoms with E-state index in [2.05, 4.69) is 21.4 Å². The van der Waals surface area contributed by atoms with E-state index in [-0.39, 0.29) is 18.1 Å². The minimum Gasteiger partial charge on any atom is -0.358 e. The van der Waals surface area contributed by atoms with E-state index in [0.29, 0.717) is 11.4 Å². The molecule has 148 valence electrons. The molecule has 0 saturated carbocycles. The van der Waals surface area contributed by atoms with Crippen molar-refractivity contribution in [2.75, 3.05) is 0 Å². The number of imidazole rings is 1. The molecule has 0 fully saturated rings. The number of H-pyrrole nitrogens is 1. The zero-order chi connectivity index (χ0) is 20.5. The second-order valence-corrected chi connectivity index (χ2v) is 7.37. The fourth-order valence-electron chi connectivity index (χ4n) is 3.74. The predicted octanol–water partition coefficient (Wildman–Crippen LogP) is 4.11. The molecule has 0 spiro atoms. The highest BCUT2D eigenvalue weighted by Gasteiger charge is 2.24. The van der Waals surface area contributed by atoms with Crippen molar-refractivity contribution in [2.24, 2.45) is 7.05 Å². The molecule has 2 aromatic carbocycles. The molecule has 2 aromatic heterocycles. The van der Waals surface area contributed by atoms with E-state index in [1.807, 2.05) is 33.0 Å². The van der Waals surface area contributed by atoms with E-state index in [4.69, 9.17) is 0 Å². The minimum atomic E-state index is -0.670. The third-order valence-electron chi connectivity index (χ3n) is 5.25. The van der Waals surface area contributed by atoms with Crippen molar-refractivity contribution in [1.29, 1.82) is 0 Å². The molecular weight excluding hydrogens is 367 g/mol. The standard InChI is InChI=1S/C23H23FN4O/c1-14-8-9-20-18(12-14)17(15(2)26-20)13-21(29)27-22(23-25-10-11-28(23)3)16-6-4-5-7-19(16)24/h4-12,22,26H,13H2,1-3H3,(H,27,29). The number of benzene rings is 2. The van der Waals surface area contributed by atoms with Crippen LogP contribution in [0, 0.1) is 19.7 Å². The summed E-state index contributed by atoms with van der Waals surface area (Å²) < 4.78 is 16.3. The molecule has 2 heterocycles. The first-order valence-electron chi connectivity index (χ1n) is 9.53. The van der Waals surface area contributed by atoms with Crippen LogP contribution in [0.1, 0.15) is 34.3 Å². The quantitative estimate of drug-likeness (QED) is 0.539. The maximum Gasteiger partial charge on any atom is 0.225 e. The molecule has 2 N–H and O–H groups in total. The summed E-state index contributed by atoms with van der Waals surface area (Å²) in [6.45, 7) is 3.99. The molecule has 6 heteroatoms. The van der Waals surface area contributed by atoms with Crippen molar-refractivity contribution < 1.29 is 9.18 Å². The number of nitrogens with zero attached hydrogens (tertiary/aromatic N) is 2. The maximum atomic E-state index is 14.5. The second kappa shape index (κ2) is 7.54. The van der Waals surface area contributed by atoms with Gasteiger partial charge in [0.2, 0.25) is 5.91 Å². The number of hydrogen-bond donors (Lipinski definition) is 2. The van der Waals surface area contributed by atoms with Crippen LogP contribution in [0.4, 0.5) is 4.39 Å². The van der Waals surface area contributed by atoms with E-state index < -0.39 is 6.04 Å². The molecule has 0 bridgehead atoms. The van der Waals surface area contributed by atoms with Gasteiger partial charge < -0.3 is 14.9 Å². The first-order chi connectivity index (χ1) is 13.9. The fourth-order valence-corrected chi connectivity index (χ4v) is 3.74. The van der Waals surface area contributed by atoms with Gasteiger partial charge in [-0.1, -0.05) is 29.8 Å². The van der Waals surface area contributed by atoms with Crippen molar-refractivity contribution in [1.82, 2.24) is 19.9 Å². The molecule has 0 aliphatic heterocycles. The summed E-state index contributed by atoms with van der Waals surface area (Å²) in [5, 5.41) is 4.02. The summed E-state index contributed by atoms with van der Waals surface area (Å²) in [5.41, 5.74) is 4.44. The molecule has 0 saturated heterocycles. The lowest BCUT2D eigenvalue weighted by molar-refractivity contribution is -0.121. The number of aryl methyl sites for hydroxylation is 3. The number of amides is 1. The van der Waals surface area contributed by atoms with Crippen molar-refractivity contribution in [3.8, 4) is 0 Å². The number of hydrogen-bond acceptors (Lipinski definition) is 2. The highest BCUT2D eigenvalue weighted by atomic mass is 19.1. The average molecular weight is 390 g/mol. The lowest BCUT2D eigenvalue weighted by Gasteiger charge is -2.20. The second-order valence-electron chi connectivity index (χ2n) is 7.37. The van der Waals surface area contributed by atoms with Crippen molar-refractivity contribution >= 4 is 16.8 Å². The van der Waals surface area contributed by atoms with Gasteiger partial charge in [0, 0.05) is 41.6 Å².